The number of piperazine rings is 1. The van der Waals surface area contributed by atoms with Gasteiger partial charge in [-0.2, -0.15) is 0 Å². The number of aromatic nitrogens is 1. The molecular weight excluding hydrogens is 394 g/mol. The number of halogens is 1. The molecule has 5 nitrogen and oxygen atoms in total. The van der Waals surface area contributed by atoms with E-state index < -0.39 is 0 Å². The molecule has 0 radical (unpaired) electrons. The molecule has 3 heterocycles. The number of rotatable bonds is 2. The third-order valence-corrected chi connectivity index (χ3v) is 6.88. The van der Waals surface area contributed by atoms with E-state index in [-0.39, 0.29) is 5.91 Å². The fraction of sp³-hybridized carbons (Fsp3) is 0.333. The van der Waals surface area contributed by atoms with Crippen LogP contribution in [-0.2, 0) is 12.8 Å². The molecule has 144 valence electrons. The van der Waals surface area contributed by atoms with Gasteiger partial charge in [-0.25, -0.2) is 0 Å². The molecule has 0 N–H and O–H groups in total. The number of carbonyl (C=O) groups is 1. The SMILES string of the molecule is Cc1ccc(Cl)cc1N1CCN(C(=O)c2noc3c2CCc2sccc2-3)CC1. The third kappa shape index (κ3) is 2.91. The predicted molar refractivity (Wildman–Crippen MR) is 112 cm³/mol. The number of anilines is 1. The minimum absolute atomic E-state index is 0.0221. The number of hydrogen-bond acceptors (Lipinski definition) is 5. The second-order valence-electron chi connectivity index (χ2n) is 7.31. The van der Waals surface area contributed by atoms with Crippen molar-refractivity contribution in [2.75, 3.05) is 31.1 Å². The van der Waals surface area contributed by atoms with E-state index in [2.05, 4.69) is 28.4 Å². The van der Waals surface area contributed by atoms with Crippen LogP contribution in [0.3, 0.4) is 0 Å². The van der Waals surface area contributed by atoms with Crippen LogP contribution in [-0.4, -0.2) is 42.1 Å². The molecule has 1 aliphatic carbocycles. The van der Waals surface area contributed by atoms with Crippen LogP contribution in [0, 0.1) is 6.92 Å². The number of thiophene rings is 1. The molecule has 0 saturated carbocycles. The van der Waals surface area contributed by atoms with Gasteiger partial charge < -0.3 is 14.3 Å². The Morgan fingerprint density at radius 3 is 2.82 bits per heavy atom. The molecule has 1 aromatic carbocycles. The van der Waals surface area contributed by atoms with Crippen molar-refractivity contribution in [3.63, 3.8) is 0 Å². The van der Waals surface area contributed by atoms with Gasteiger partial charge >= 0.3 is 0 Å². The first-order chi connectivity index (χ1) is 13.6. The van der Waals surface area contributed by atoms with Crippen molar-refractivity contribution < 1.29 is 9.32 Å². The van der Waals surface area contributed by atoms with Crippen molar-refractivity contribution in [2.45, 2.75) is 19.8 Å². The van der Waals surface area contributed by atoms with Crippen LogP contribution in [0.25, 0.3) is 11.3 Å². The topological polar surface area (TPSA) is 49.6 Å². The Morgan fingerprint density at radius 1 is 1.18 bits per heavy atom. The summed E-state index contributed by atoms with van der Waals surface area (Å²) in [6, 6.07) is 8.01. The highest BCUT2D eigenvalue weighted by molar-refractivity contribution is 7.10. The zero-order valence-corrected chi connectivity index (χ0v) is 17.1. The second kappa shape index (κ2) is 6.94. The Hall–Kier alpha value is -2.31. The Kier molecular flexibility index (Phi) is 4.40. The van der Waals surface area contributed by atoms with Gasteiger partial charge in [0.05, 0.1) is 0 Å². The molecular formula is C21H20ClN3O2S. The van der Waals surface area contributed by atoms with Crippen molar-refractivity contribution in [2.24, 2.45) is 0 Å². The molecule has 1 saturated heterocycles. The fourth-order valence-electron chi connectivity index (χ4n) is 4.12. The number of carbonyl (C=O) groups excluding carboxylic acids is 1. The molecule has 2 aromatic heterocycles. The van der Waals surface area contributed by atoms with Crippen LogP contribution in [0.15, 0.2) is 34.2 Å². The second-order valence-corrected chi connectivity index (χ2v) is 8.74. The number of amides is 1. The van der Waals surface area contributed by atoms with Crippen LogP contribution >= 0.6 is 22.9 Å². The Morgan fingerprint density at radius 2 is 2.00 bits per heavy atom. The summed E-state index contributed by atoms with van der Waals surface area (Å²) in [6.07, 6.45) is 1.76. The molecule has 2 aliphatic rings. The highest BCUT2D eigenvalue weighted by atomic mass is 35.5. The lowest BCUT2D eigenvalue weighted by Gasteiger charge is -2.36. The van der Waals surface area contributed by atoms with Gasteiger partial charge in [0.25, 0.3) is 5.91 Å². The van der Waals surface area contributed by atoms with Gasteiger partial charge in [0.1, 0.15) is 0 Å². The molecule has 0 bridgehead atoms. The summed E-state index contributed by atoms with van der Waals surface area (Å²) < 4.78 is 5.59. The zero-order valence-electron chi connectivity index (χ0n) is 15.6. The minimum Gasteiger partial charge on any atom is -0.368 e. The number of aryl methyl sites for hydroxylation is 2. The highest BCUT2D eigenvalue weighted by Gasteiger charge is 2.32. The van der Waals surface area contributed by atoms with E-state index in [1.807, 2.05) is 23.1 Å². The molecule has 0 unspecified atom stereocenters. The molecule has 0 spiro atoms. The third-order valence-electron chi connectivity index (χ3n) is 5.66. The maximum absolute atomic E-state index is 13.1. The van der Waals surface area contributed by atoms with Crippen LogP contribution in [0.2, 0.25) is 5.02 Å². The number of benzene rings is 1. The van der Waals surface area contributed by atoms with Crippen LogP contribution in [0.5, 0.6) is 0 Å². The number of fused-ring (bicyclic) bond motifs is 3. The maximum Gasteiger partial charge on any atom is 0.276 e. The first-order valence-corrected chi connectivity index (χ1v) is 10.7. The maximum atomic E-state index is 13.1. The summed E-state index contributed by atoms with van der Waals surface area (Å²) in [5, 5.41) is 6.97. The average molecular weight is 414 g/mol. The molecule has 7 heteroatoms. The van der Waals surface area contributed by atoms with Crippen molar-refractivity contribution in [3.05, 3.63) is 56.4 Å². The van der Waals surface area contributed by atoms with E-state index >= 15 is 0 Å². The monoisotopic (exact) mass is 413 g/mol. The number of nitrogens with zero attached hydrogens (tertiary/aromatic N) is 3. The largest absolute Gasteiger partial charge is 0.368 e. The molecule has 3 aromatic rings. The summed E-state index contributed by atoms with van der Waals surface area (Å²) in [6.45, 7) is 4.97. The lowest BCUT2D eigenvalue weighted by molar-refractivity contribution is 0.0735. The van der Waals surface area contributed by atoms with Gasteiger partial charge in [-0.05, 0) is 48.9 Å². The van der Waals surface area contributed by atoms with Gasteiger partial charge in [-0.3, -0.25) is 4.79 Å². The summed E-state index contributed by atoms with van der Waals surface area (Å²) in [7, 11) is 0. The van der Waals surface area contributed by atoms with Gasteiger partial charge in [0.15, 0.2) is 11.5 Å². The van der Waals surface area contributed by atoms with Crippen LogP contribution < -0.4 is 4.90 Å². The van der Waals surface area contributed by atoms with E-state index in [9.17, 15) is 4.79 Å². The minimum atomic E-state index is -0.0221. The van der Waals surface area contributed by atoms with Gasteiger partial charge in [-0.1, -0.05) is 22.8 Å². The molecule has 1 amide bonds. The quantitative estimate of drug-likeness (QED) is 0.623. The Balaban J connectivity index is 1.33. The van der Waals surface area contributed by atoms with E-state index in [0.29, 0.717) is 18.8 Å². The van der Waals surface area contributed by atoms with Gasteiger partial charge in [0, 0.05) is 52.9 Å². The van der Waals surface area contributed by atoms with Crippen molar-refractivity contribution in [3.8, 4) is 11.3 Å². The van der Waals surface area contributed by atoms with Crippen molar-refractivity contribution in [1.29, 1.82) is 0 Å². The lowest BCUT2D eigenvalue weighted by Crippen LogP contribution is -2.49. The van der Waals surface area contributed by atoms with Crippen LogP contribution in [0.1, 0.15) is 26.5 Å². The average Bonchev–Trinajstić information content (AvgIpc) is 3.35. The molecule has 1 aliphatic heterocycles. The highest BCUT2D eigenvalue weighted by Crippen LogP contribution is 2.38. The summed E-state index contributed by atoms with van der Waals surface area (Å²) >= 11 is 7.91. The standard InChI is InChI=1S/C21H20ClN3O2S/c1-13-2-3-14(22)12-17(13)24-7-9-25(10-8-24)21(26)19-16-4-5-18-15(6-11-28-18)20(16)27-23-19/h2-3,6,11-12H,4-5,7-10H2,1H3. The smallest absolute Gasteiger partial charge is 0.276 e. The molecule has 1 fully saturated rings. The first-order valence-electron chi connectivity index (χ1n) is 9.47. The Bertz CT molecular complexity index is 1050. The molecule has 5 rings (SSSR count). The summed E-state index contributed by atoms with van der Waals surface area (Å²) in [5.41, 5.74) is 4.88. The number of hydrogen-bond donors (Lipinski definition) is 0. The molecule has 0 atom stereocenters. The van der Waals surface area contributed by atoms with Gasteiger partial charge in [-0.15, -0.1) is 11.3 Å². The normalized spacial score (nSPS) is 16.1. The summed E-state index contributed by atoms with van der Waals surface area (Å²) in [4.78, 5) is 18.6. The predicted octanol–water partition coefficient (Wildman–Crippen LogP) is 4.43. The Labute approximate surface area is 172 Å². The first kappa shape index (κ1) is 17.8. The zero-order chi connectivity index (χ0) is 19.3. The van der Waals surface area contributed by atoms with E-state index in [1.54, 1.807) is 11.3 Å². The lowest BCUT2D eigenvalue weighted by atomic mass is 9.95. The van der Waals surface area contributed by atoms with E-state index in [1.165, 1.54) is 10.4 Å². The van der Waals surface area contributed by atoms with Crippen LogP contribution in [0.4, 0.5) is 5.69 Å². The molecule has 28 heavy (non-hydrogen) atoms. The van der Waals surface area contributed by atoms with Crippen molar-refractivity contribution in [1.82, 2.24) is 10.1 Å². The van der Waals surface area contributed by atoms with E-state index in [0.717, 1.165) is 53.5 Å². The van der Waals surface area contributed by atoms with E-state index in [4.69, 9.17) is 16.1 Å². The van der Waals surface area contributed by atoms with Crippen molar-refractivity contribution >= 4 is 34.5 Å². The summed E-state index contributed by atoms with van der Waals surface area (Å²) in [5.74, 6) is 0.755. The fourth-order valence-corrected chi connectivity index (χ4v) is 5.16. The van der Waals surface area contributed by atoms with Gasteiger partial charge in [0.2, 0.25) is 0 Å².